The number of nitrogens with two attached hydrogens (primary N) is 1. The van der Waals surface area contributed by atoms with E-state index in [9.17, 15) is 18.0 Å². The van der Waals surface area contributed by atoms with Crippen molar-refractivity contribution in [3.05, 3.63) is 58.0 Å². The molecule has 0 aliphatic carbocycles. The van der Waals surface area contributed by atoms with Crippen molar-refractivity contribution in [1.29, 1.82) is 0 Å². The van der Waals surface area contributed by atoms with Crippen molar-refractivity contribution in [1.82, 2.24) is 4.98 Å². The molecule has 0 aliphatic rings. The Morgan fingerprint density at radius 3 is 2.48 bits per heavy atom. The van der Waals surface area contributed by atoms with Crippen molar-refractivity contribution in [2.45, 2.75) is 11.8 Å². The number of primary sulfonamides is 1. The van der Waals surface area contributed by atoms with Gasteiger partial charge in [0, 0.05) is 18.0 Å². The average Bonchev–Trinajstić information content (AvgIpc) is 2.40. The molecule has 1 amide bonds. The van der Waals surface area contributed by atoms with E-state index in [0.717, 1.165) is 0 Å². The van der Waals surface area contributed by atoms with Crippen LogP contribution >= 0.6 is 0 Å². The lowest BCUT2D eigenvalue weighted by atomic mass is 10.2. The molecule has 0 bridgehead atoms. The molecule has 0 atom stereocenters. The van der Waals surface area contributed by atoms with Crippen molar-refractivity contribution in [3.8, 4) is 0 Å². The molecular weight excluding hydrogens is 294 g/mol. The Balaban J connectivity index is 2.26. The zero-order valence-corrected chi connectivity index (χ0v) is 11.9. The lowest BCUT2D eigenvalue weighted by Crippen LogP contribution is -2.16. The second-order valence-electron chi connectivity index (χ2n) is 4.42. The number of carbonyl (C=O) groups is 1. The number of hydrogen-bond donors (Lipinski definition) is 3. The summed E-state index contributed by atoms with van der Waals surface area (Å²) < 4.78 is 22.5. The fourth-order valence-electron chi connectivity index (χ4n) is 1.70. The van der Waals surface area contributed by atoms with E-state index in [1.54, 1.807) is 6.92 Å². The van der Waals surface area contributed by atoms with Gasteiger partial charge < -0.3 is 10.3 Å². The number of aromatic nitrogens is 1. The maximum atomic E-state index is 12.0. The summed E-state index contributed by atoms with van der Waals surface area (Å²) in [4.78, 5) is 25.3. The molecule has 2 aromatic rings. The van der Waals surface area contributed by atoms with Crippen molar-refractivity contribution in [2.24, 2.45) is 5.14 Å². The zero-order chi connectivity index (χ0) is 15.6. The van der Waals surface area contributed by atoms with Gasteiger partial charge >= 0.3 is 0 Å². The summed E-state index contributed by atoms with van der Waals surface area (Å²) in [6.07, 6.45) is 1.30. The Morgan fingerprint density at radius 2 is 1.95 bits per heavy atom. The number of amides is 1. The van der Waals surface area contributed by atoms with Crippen LogP contribution in [0.15, 0.2) is 46.2 Å². The minimum atomic E-state index is -3.78. The maximum absolute atomic E-state index is 12.0. The highest BCUT2D eigenvalue weighted by molar-refractivity contribution is 7.89. The summed E-state index contributed by atoms with van der Waals surface area (Å²) in [6.45, 7) is 1.65. The van der Waals surface area contributed by atoms with Crippen LogP contribution in [0.1, 0.15) is 15.9 Å². The van der Waals surface area contributed by atoms with Gasteiger partial charge in [-0.15, -0.1) is 0 Å². The molecule has 0 aliphatic heterocycles. The number of hydrogen-bond acceptors (Lipinski definition) is 4. The molecule has 0 saturated carbocycles. The Morgan fingerprint density at radius 1 is 1.24 bits per heavy atom. The van der Waals surface area contributed by atoms with Crippen LogP contribution in [0.4, 0.5) is 5.69 Å². The first-order chi connectivity index (χ1) is 9.77. The molecular formula is C13H13N3O4S. The molecule has 1 heterocycles. The van der Waals surface area contributed by atoms with Crippen LogP contribution in [-0.2, 0) is 10.0 Å². The van der Waals surface area contributed by atoms with Crippen molar-refractivity contribution < 1.29 is 13.2 Å². The molecule has 0 spiro atoms. The third-order valence-corrected chi connectivity index (χ3v) is 3.73. The van der Waals surface area contributed by atoms with Crippen LogP contribution in [0.5, 0.6) is 0 Å². The number of pyridine rings is 1. The van der Waals surface area contributed by atoms with E-state index in [0.29, 0.717) is 11.3 Å². The number of sulfonamides is 1. The highest BCUT2D eigenvalue weighted by Gasteiger charge is 2.12. The van der Waals surface area contributed by atoms with E-state index in [2.05, 4.69) is 10.3 Å². The first-order valence-corrected chi connectivity index (χ1v) is 7.45. The largest absolute Gasteiger partial charge is 0.328 e. The van der Waals surface area contributed by atoms with Gasteiger partial charge in [-0.1, -0.05) is 0 Å². The standard InChI is InChI=1S/C13H13N3O4S/c1-8-6-10(21(14,19)20)3-4-11(8)16-13(18)9-2-5-12(17)15-7-9/h2-7H,1H3,(H,15,17)(H,16,18)(H2,14,19,20). The highest BCUT2D eigenvalue weighted by atomic mass is 32.2. The summed E-state index contributed by atoms with van der Waals surface area (Å²) in [7, 11) is -3.78. The fourth-order valence-corrected chi connectivity index (χ4v) is 2.30. The van der Waals surface area contributed by atoms with Crippen LogP contribution in [0.2, 0.25) is 0 Å². The maximum Gasteiger partial charge on any atom is 0.257 e. The second-order valence-corrected chi connectivity index (χ2v) is 5.98. The van der Waals surface area contributed by atoms with Crippen molar-refractivity contribution in [3.63, 3.8) is 0 Å². The molecule has 4 N–H and O–H groups in total. The van der Waals surface area contributed by atoms with E-state index >= 15 is 0 Å². The van der Waals surface area contributed by atoms with Gasteiger partial charge in [0.15, 0.2) is 0 Å². The van der Waals surface area contributed by atoms with E-state index in [-0.39, 0.29) is 16.0 Å². The van der Waals surface area contributed by atoms with Gasteiger partial charge in [0.25, 0.3) is 5.91 Å². The predicted molar refractivity (Wildman–Crippen MR) is 77.6 cm³/mol. The Hall–Kier alpha value is -2.45. The normalized spacial score (nSPS) is 11.1. The number of rotatable bonds is 3. The minimum absolute atomic E-state index is 0.0259. The van der Waals surface area contributed by atoms with Crippen LogP contribution in [-0.4, -0.2) is 19.3 Å². The SMILES string of the molecule is Cc1cc(S(N)(=O)=O)ccc1NC(=O)c1ccc(=O)[nH]c1. The summed E-state index contributed by atoms with van der Waals surface area (Å²) in [5.41, 5.74) is 0.989. The summed E-state index contributed by atoms with van der Waals surface area (Å²) in [5, 5.41) is 7.66. The summed E-state index contributed by atoms with van der Waals surface area (Å²) in [6, 6.07) is 6.77. The topological polar surface area (TPSA) is 122 Å². The molecule has 21 heavy (non-hydrogen) atoms. The smallest absolute Gasteiger partial charge is 0.257 e. The Bertz CT molecular complexity index is 835. The van der Waals surface area contributed by atoms with Crippen LogP contribution < -0.4 is 16.0 Å². The number of carbonyl (C=O) groups excluding carboxylic acids is 1. The second kappa shape index (κ2) is 5.51. The monoisotopic (exact) mass is 307 g/mol. The first-order valence-electron chi connectivity index (χ1n) is 5.91. The van der Waals surface area contributed by atoms with Gasteiger partial charge in [0.2, 0.25) is 15.6 Å². The quantitative estimate of drug-likeness (QED) is 0.767. The van der Waals surface area contributed by atoms with E-state index < -0.39 is 15.9 Å². The summed E-state index contributed by atoms with van der Waals surface area (Å²) in [5.74, 6) is -0.419. The van der Waals surface area contributed by atoms with Gasteiger partial charge in [0.05, 0.1) is 10.5 Å². The molecule has 7 nitrogen and oxygen atoms in total. The van der Waals surface area contributed by atoms with Crippen LogP contribution in [0.25, 0.3) is 0 Å². The molecule has 2 rings (SSSR count). The fraction of sp³-hybridized carbons (Fsp3) is 0.0769. The third-order valence-electron chi connectivity index (χ3n) is 2.82. The number of benzene rings is 1. The van der Waals surface area contributed by atoms with E-state index in [1.807, 2.05) is 0 Å². The average molecular weight is 307 g/mol. The summed E-state index contributed by atoms with van der Waals surface area (Å²) >= 11 is 0. The molecule has 1 aromatic heterocycles. The third kappa shape index (κ3) is 3.56. The van der Waals surface area contributed by atoms with Crippen LogP contribution in [0.3, 0.4) is 0 Å². The van der Waals surface area contributed by atoms with Gasteiger partial charge in [-0.2, -0.15) is 0 Å². The molecule has 1 aromatic carbocycles. The van der Waals surface area contributed by atoms with Gasteiger partial charge in [-0.3, -0.25) is 9.59 Å². The molecule has 0 saturated heterocycles. The van der Waals surface area contributed by atoms with Gasteiger partial charge in [-0.05, 0) is 36.8 Å². The first kappa shape index (κ1) is 14.9. The lowest BCUT2D eigenvalue weighted by Gasteiger charge is -2.09. The van der Waals surface area contributed by atoms with E-state index in [1.165, 1.54) is 36.5 Å². The van der Waals surface area contributed by atoms with Crippen molar-refractivity contribution >= 4 is 21.6 Å². The molecule has 0 radical (unpaired) electrons. The Labute approximate surface area is 120 Å². The van der Waals surface area contributed by atoms with Crippen LogP contribution in [0, 0.1) is 6.92 Å². The number of nitrogens with one attached hydrogen (secondary N) is 2. The minimum Gasteiger partial charge on any atom is -0.328 e. The zero-order valence-electron chi connectivity index (χ0n) is 11.1. The molecule has 0 unspecified atom stereocenters. The molecule has 0 fully saturated rings. The van der Waals surface area contributed by atoms with Gasteiger partial charge in [-0.25, -0.2) is 13.6 Å². The van der Waals surface area contributed by atoms with Gasteiger partial charge in [0.1, 0.15) is 0 Å². The predicted octanol–water partition coefficient (Wildman–Crippen LogP) is 0.583. The highest BCUT2D eigenvalue weighted by Crippen LogP contribution is 2.19. The number of H-pyrrole nitrogens is 1. The van der Waals surface area contributed by atoms with Crippen molar-refractivity contribution in [2.75, 3.05) is 5.32 Å². The van der Waals surface area contributed by atoms with E-state index in [4.69, 9.17) is 5.14 Å². The molecule has 8 heteroatoms. The Kier molecular flexibility index (Phi) is 3.92. The number of aromatic amines is 1. The molecule has 110 valence electrons. The number of aryl methyl sites for hydroxylation is 1. The lowest BCUT2D eigenvalue weighted by molar-refractivity contribution is 0.102. The number of anilines is 1.